The van der Waals surface area contributed by atoms with Gasteiger partial charge in [0.15, 0.2) is 0 Å². The van der Waals surface area contributed by atoms with Gasteiger partial charge in [0, 0.05) is 49.3 Å². The second-order valence-corrected chi connectivity index (χ2v) is 25.9. The molecule has 25 heteroatoms. The molecule has 0 bridgehead atoms. The highest BCUT2D eigenvalue weighted by atomic mass is 16.4. The first-order chi connectivity index (χ1) is 39.1. The van der Waals surface area contributed by atoms with E-state index in [4.69, 9.17) is 0 Å². The number of carbonyl (C=O) groups excluding carboxylic acids is 11. The molecule has 0 saturated carbocycles. The maximum atomic E-state index is 15.1. The van der Waals surface area contributed by atoms with E-state index in [1.54, 1.807) is 34.6 Å². The van der Waals surface area contributed by atoms with Gasteiger partial charge in [-0.1, -0.05) is 96.9 Å². The Kier molecular flexibility index (Phi) is 30.7. The smallest absolute Gasteiger partial charge is 0.303 e. The molecule has 11 amide bonds. The van der Waals surface area contributed by atoms with Crippen LogP contribution in [0.4, 0.5) is 0 Å². The fourth-order valence-electron chi connectivity index (χ4n) is 10.6. The van der Waals surface area contributed by atoms with Crippen molar-refractivity contribution in [2.45, 2.75) is 216 Å². The van der Waals surface area contributed by atoms with Gasteiger partial charge in [0.1, 0.15) is 60.4 Å². The van der Waals surface area contributed by atoms with E-state index in [-0.39, 0.29) is 55.8 Å². The zero-order valence-corrected chi connectivity index (χ0v) is 55.3. The van der Waals surface area contributed by atoms with Crippen LogP contribution < -0.4 is 21.3 Å². The molecule has 1 heterocycles. The molecule has 6 N–H and O–H groups in total. The quantitative estimate of drug-likeness (QED) is 0.136. The van der Waals surface area contributed by atoms with Crippen LogP contribution >= 0.6 is 0 Å². The van der Waals surface area contributed by atoms with Crippen molar-refractivity contribution >= 4 is 70.9 Å². The SMILES string of the molecule is CC[C@@H]1NC(=O)C(C(O)C(C)CC(=O)O)N(C)C(=O)[C@H](C(C)C)N(C)C(=O)[C@H](CC(C)C)N(C)C(=O)[C@H](CC(C)C)N(C)C(=O)[C@@H](C)NC(=O)[C@H](C)NC(=O)[C@H](CC(C)C)N(C)C(=O)[C@H](C(C)C)NC(=O)[C@H](CC(C)C)N(C)C(=O)CN(C)C1=O. The standard InChI is InChI=1S/C60H107N11O14/c1-24-40-56(81)65(17)30-45(72)66(18)41(25-31(2)3)53(78)64-47(35(10)11)59(84)67(19)42(26-32(4)5)52(77)61-38(15)51(76)62-39(16)55(80)68(20)43(27-33(6)7)57(82)69(21)44(28-34(8)9)58(83)70(22)48(36(12)13)60(85)71(23)49(54(79)63-40)50(75)37(14)29-46(73)74/h31-44,47-50,75H,24-30H2,1-23H3,(H,61,77)(H,62,76)(H,63,79)(H,64,78)(H,73,74)/t37?,38-,39+,40-,41-,42-,43-,44-,47-,48-,49?,50?/m0/s1. The maximum absolute atomic E-state index is 15.1. The lowest BCUT2D eigenvalue weighted by atomic mass is 9.91. The van der Waals surface area contributed by atoms with Crippen LogP contribution in [0.3, 0.4) is 0 Å². The number of amides is 11. The van der Waals surface area contributed by atoms with Crippen molar-refractivity contribution in [3.8, 4) is 0 Å². The average Bonchev–Trinajstić information content (AvgIpc) is 2.65. The van der Waals surface area contributed by atoms with Gasteiger partial charge in [0.05, 0.1) is 19.1 Å². The summed E-state index contributed by atoms with van der Waals surface area (Å²) in [6.45, 7) is 26.6. The Morgan fingerprint density at radius 3 is 1.29 bits per heavy atom. The molecule has 1 aliphatic heterocycles. The number of hydrogen-bond acceptors (Lipinski definition) is 13. The Morgan fingerprint density at radius 1 is 0.459 bits per heavy atom. The van der Waals surface area contributed by atoms with Gasteiger partial charge in [0.2, 0.25) is 65.0 Å². The van der Waals surface area contributed by atoms with E-state index in [1.807, 2.05) is 55.4 Å². The van der Waals surface area contributed by atoms with Crippen molar-refractivity contribution in [2.75, 3.05) is 55.9 Å². The number of aliphatic hydroxyl groups is 1. The number of nitrogens with zero attached hydrogens (tertiary/aromatic N) is 7. The Morgan fingerprint density at radius 2 is 0.859 bits per heavy atom. The van der Waals surface area contributed by atoms with Gasteiger partial charge in [-0.2, -0.15) is 0 Å². The summed E-state index contributed by atoms with van der Waals surface area (Å²) >= 11 is 0. The lowest BCUT2D eigenvalue weighted by Crippen LogP contribution is -2.63. The minimum Gasteiger partial charge on any atom is -0.481 e. The summed E-state index contributed by atoms with van der Waals surface area (Å²) in [6, 6.07) is -13.0. The minimum absolute atomic E-state index is 0.0639. The summed E-state index contributed by atoms with van der Waals surface area (Å²) in [5.41, 5.74) is 0. The van der Waals surface area contributed by atoms with E-state index in [2.05, 4.69) is 21.3 Å². The summed E-state index contributed by atoms with van der Waals surface area (Å²) in [5, 5.41) is 32.4. The first kappa shape index (κ1) is 76.6. The molecule has 0 spiro atoms. The molecular weight excluding hydrogens is 1100 g/mol. The van der Waals surface area contributed by atoms with E-state index in [0.717, 1.165) is 19.6 Å². The van der Waals surface area contributed by atoms with Crippen molar-refractivity contribution in [2.24, 2.45) is 41.4 Å². The number of carboxylic acids is 1. The molecule has 85 heavy (non-hydrogen) atoms. The zero-order valence-electron chi connectivity index (χ0n) is 55.3. The first-order valence-corrected chi connectivity index (χ1v) is 30.0. The minimum atomic E-state index is -1.85. The molecule has 0 aromatic heterocycles. The number of hydrogen-bond donors (Lipinski definition) is 6. The lowest BCUT2D eigenvalue weighted by Gasteiger charge is -2.41. The number of carboxylic acid groups (broad SMARTS) is 1. The number of nitrogens with one attached hydrogen (secondary N) is 4. The third-order valence-electron chi connectivity index (χ3n) is 15.8. The molecule has 486 valence electrons. The lowest BCUT2D eigenvalue weighted by molar-refractivity contribution is -0.158. The molecule has 1 saturated heterocycles. The van der Waals surface area contributed by atoms with E-state index < -0.39 is 168 Å². The van der Waals surface area contributed by atoms with Crippen LogP contribution in [-0.4, -0.2) is 238 Å². The number of rotatable bonds is 15. The van der Waals surface area contributed by atoms with Gasteiger partial charge in [-0.25, -0.2) is 0 Å². The summed E-state index contributed by atoms with van der Waals surface area (Å²) in [6.07, 6.45) is -2.06. The number of aliphatic carboxylic acids is 1. The molecule has 1 aliphatic rings. The topological polar surface area (TPSA) is 316 Å². The summed E-state index contributed by atoms with van der Waals surface area (Å²) in [5.74, 6) is -12.5. The van der Waals surface area contributed by atoms with E-state index in [0.29, 0.717) is 0 Å². The Hall–Kier alpha value is -6.40. The molecule has 0 aliphatic carbocycles. The molecule has 0 aromatic carbocycles. The molecule has 1 fully saturated rings. The van der Waals surface area contributed by atoms with Crippen LogP contribution in [0.15, 0.2) is 0 Å². The molecule has 3 unspecified atom stereocenters. The predicted octanol–water partition coefficient (Wildman–Crippen LogP) is 1.78. The predicted molar refractivity (Wildman–Crippen MR) is 321 cm³/mol. The Balaban J connectivity index is 4.32. The number of aliphatic hydroxyl groups excluding tert-OH is 1. The van der Waals surface area contributed by atoms with Gasteiger partial charge in [-0.15, -0.1) is 0 Å². The normalized spacial score (nSPS) is 26.8. The Labute approximate surface area is 505 Å². The van der Waals surface area contributed by atoms with Gasteiger partial charge in [-0.3, -0.25) is 57.5 Å². The monoisotopic (exact) mass is 1210 g/mol. The molecular formula is C60H107N11O14. The second-order valence-electron chi connectivity index (χ2n) is 25.9. The highest BCUT2D eigenvalue weighted by molar-refractivity contribution is 5.99. The average molecular weight is 1210 g/mol. The number of likely N-dealkylation sites (N-methyl/N-ethyl adjacent to an activating group) is 7. The molecule has 12 atom stereocenters. The van der Waals surface area contributed by atoms with E-state index in [1.165, 1.54) is 84.8 Å². The van der Waals surface area contributed by atoms with Crippen LogP contribution in [0.5, 0.6) is 0 Å². The summed E-state index contributed by atoms with van der Waals surface area (Å²) in [4.78, 5) is 180. The second kappa shape index (κ2) is 34.1. The van der Waals surface area contributed by atoms with Crippen molar-refractivity contribution in [1.82, 2.24) is 55.6 Å². The van der Waals surface area contributed by atoms with Crippen molar-refractivity contribution in [3.05, 3.63) is 0 Å². The van der Waals surface area contributed by atoms with Crippen LogP contribution in [0.1, 0.15) is 149 Å². The molecule has 25 nitrogen and oxygen atoms in total. The van der Waals surface area contributed by atoms with Crippen molar-refractivity contribution in [1.29, 1.82) is 0 Å². The first-order valence-electron chi connectivity index (χ1n) is 30.0. The van der Waals surface area contributed by atoms with Crippen LogP contribution in [0.2, 0.25) is 0 Å². The van der Waals surface area contributed by atoms with Crippen molar-refractivity contribution in [3.63, 3.8) is 0 Å². The number of carbonyl (C=O) groups is 12. The molecule has 0 radical (unpaired) electrons. The van der Waals surface area contributed by atoms with Crippen LogP contribution in [0.25, 0.3) is 0 Å². The molecule has 1 rings (SSSR count). The van der Waals surface area contributed by atoms with E-state index in [9.17, 15) is 58.2 Å². The third kappa shape index (κ3) is 21.5. The maximum Gasteiger partial charge on any atom is 0.303 e. The fraction of sp³-hybridized carbons (Fsp3) is 0.800. The highest BCUT2D eigenvalue weighted by Crippen LogP contribution is 2.25. The Bertz CT molecular complexity index is 2350. The fourth-order valence-corrected chi connectivity index (χ4v) is 10.6. The largest absolute Gasteiger partial charge is 0.481 e. The molecule has 0 aromatic rings. The zero-order chi connectivity index (χ0) is 66.1. The van der Waals surface area contributed by atoms with Gasteiger partial charge in [0.25, 0.3) is 0 Å². The summed E-state index contributed by atoms with van der Waals surface area (Å²) < 4.78 is 0. The summed E-state index contributed by atoms with van der Waals surface area (Å²) in [7, 11) is 9.52. The van der Waals surface area contributed by atoms with Gasteiger partial charge >= 0.3 is 5.97 Å². The van der Waals surface area contributed by atoms with Gasteiger partial charge in [-0.05, 0) is 87.4 Å². The van der Waals surface area contributed by atoms with Crippen LogP contribution in [-0.2, 0) is 57.5 Å². The van der Waals surface area contributed by atoms with Gasteiger partial charge < -0.3 is 65.8 Å². The highest BCUT2D eigenvalue weighted by Gasteiger charge is 2.46. The van der Waals surface area contributed by atoms with Crippen LogP contribution in [0, 0.1) is 41.4 Å². The third-order valence-corrected chi connectivity index (χ3v) is 15.8. The van der Waals surface area contributed by atoms with E-state index >= 15 is 9.59 Å². The van der Waals surface area contributed by atoms with Crippen molar-refractivity contribution < 1.29 is 67.7 Å².